The minimum absolute atomic E-state index is 0.331. The summed E-state index contributed by atoms with van der Waals surface area (Å²) in [6.07, 6.45) is 8.80. The van der Waals surface area contributed by atoms with Crippen LogP contribution in [0.15, 0.2) is 36.5 Å². The van der Waals surface area contributed by atoms with Crippen molar-refractivity contribution in [3.8, 4) is 11.8 Å². The highest BCUT2D eigenvalue weighted by Crippen LogP contribution is 2.35. The second kappa shape index (κ2) is 8.75. The summed E-state index contributed by atoms with van der Waals surface area (Å²) in [5.41, 5.74) is 3.77. The van der Waals surface area contributed by atoms with Crippen LogP contribution in [0.5, 0.6) is 0 Å². The fourth-order valence-electron chi connectivity index (χ4n) is 3.49. The second-order valence-corrected chi connectivity index (χ2v) is 7.57. The summed E-state index contributed by atoms with van der Waals surface area (Å²) in [6.45, 7) is 2.23. The average molecular weight is 372 g/mol. The first kappa shape index (κ1) is 18.3. The van der Waals surface area contributed by atoms with Gasteiger partial charge >= 0.3 is 0 Å². The summed E-state index contributed by atoms with van der Waals surface area (Å²) in [7, 11) is 0. The van der Waals surface area contributed by atoms with Crippen LogP contribution in [0.2, 0.25) is 10.2 Å². The maximum Gasteiger partial charge on any atom is 0.147 e. The molecular formula is C22H23Cl2N. The molecule has 1 heterocycles. The van der Waals surface area contributed by atoms with Gasteiger partial charge in [0.15, 0.2) is 0 Å². The van der Waals surface area contributed by atoms with E-state index in [1.165, 1.54) is 36.8 Å². The van der Waals surface area contributed by atoms with E-state index < -0.39 is 0 Å². The lowest BCUT2D eigenvalue weighted by Crippen LogP contribution is -2.12. The number of pyridine rings is 1. The largest absolute Gasteiger partial charge is 0.242 e. The Labute approximate surface area is 160 Å². The molecule has 130 valence electrons. The van der Waals surface area contributed by atoms with Crippen molar-refractivity contribution in [1.82, 2.24) is 4.98 Å². The van der Waals surface area contributed by atoms with E-state index in [9.17, 15) is 0 Å². The summed E-state index contributed by atoms with van der Waals surface area (Å²) in [5.74, 6) is 7.74. The first-order valence-corrected chi connectivity index (χ1v) is 9.82. The van der Waals surface area contributed by atoms with Gasteiger partial charge in [0.25, 0.3) is 0 Å². The topological polar surface area (TPSA) is 12.9 Å². The van der Waals surface area contributed by atoms with Crippen molar-refractivity contribution < 1.29 is 0 Å². The lowest BCUT2D eigenvalue weighted by Gasteiger charge is -2.26. The van der Waals surface area contributed by atoms with E-state index in [1.54, 1.807) is 12.3 Å². The molecule has 3 rings (SSSR count). The second-order valence-electron chi connectivity index (χ2n) is 6.81. The summed E-state index contributed by atoms with van der Waals surface area (Å²) in [5, 5.41) is 0.793. The Morgan fingerprint density at radius 1 is 1.08 bits per heavy atom. The molecule has 1 aliphatic carbocycles. The maximum absolute atomic E-state index is 5.99. The van der Waals surface area contributed by atoms with Crippen LogP contribution in [-0.2, 0) is 6.42 Å². The smallest absolute Gasteiger partial charge is 0.147 e. The number of nitrogens with zero attached hydrogens (tertiary/aromatic N) is 1. The monoisotopic (exact) mass is 371 g/mol. The van der Waals surface area contributed by atoms with Crippen LogP contribution in [0.25, 0.3) is 0 Å². The predicted octanol–water partition coefficient (Wildman–Crippen LogP) is 6.67. The third-order valence-corrected chi connectivity index (χ3v) is 5.62. The Morgan fingerprint density at radius 2 is 1.80 bits per heavy atom. The van der Waals surface area contributed by atoms with Crippen LogP contribution in [-0.4, -0.2) is 4.98 Å². The normalized spacial score (nSPS) is 20.0. The number of aromatic nitrogens is 1. The van der Waals surface area contributed by atoms with Crippen molar-refractivity contribution >= 4 is 23.2 Å². The summed E-state index contributed by atoms with van der Waals surface area (Å²) in [4.78, 5) is 4.05. The van der Waals surface area contributed by atoms with Gasteiger partial charge in [0, 0.05) is 17.7 Å². The molecule has 0 amide bonds. The van der Waals surface area contributed by atoms with E-state index in [2.05, 4.69) is 48.0 Å². The van der Waals surface area contributed by atoms with E-state index in [4.69, 9.17) is 23.2 Å². The van der Waals surface area contributed by atoms with Gasteiger partial charge in [0.05, 0.1) is 5.02 Å². The highest BCUT2D eigenvalue weighted by molar-refractivity contribution is 6.41. The molecule has 1 saturated carbocycles. The molecule has 1 nitrogen and oxygen atoms in total. The Hall–Kier alpha value is -1.49. The molecule has 0 unspecified atom stereocenters. The molecule has 1 aromatic heterocycles. The van der Waals surface area contributed by atoms with Crippen LogP contribution in [0.4, 0.5) is 0 Å². The number of hydrogen-bond acceptors (Lipinski definition) is 1. The van der Waals surface area contributed by atoms with Gasteiger partial charge in [-0.1, -0.05) is 72.7 Å². The highest BCUT2D eigenvalue weighted by Gasteiger charge is 2.21. The molecule has 0 saturated heterocycles. The molecule has 3 heteroatoms. The molecule has 0 atom stereocenters. The summed E-state index contributed by atoms with van der Waals surface area (Å²) in [6, 6.07) is 11.0. The van der Waals surface area contributed by atoms with Gasteiger partial charge < -0.3 is 0 Å². The molecule has 25 heavy (non-hydrogen) atoms. The number of benzene rings is 1. The van der Waals surface area contributed by atoms with E-state index in [0.717, 1.165) is 18.4 Å². The SMILES string of the molecule is CCCc1ccc(C2CCC(C#Cc3cnc(Cl)c(Cl)c3)CC2)cc1. The van der Waals surface area contributed by atoms with E-state index in [-0.39, 0.29) is 0 Å². The third kappa shape index (κ3) is 5.00. The molecule has 0 spiro atoms. The molecule has 0 aliphatic heterocycles. The van der Waals surface area contributed by atoms with Gasteiger partial charge in [-0.2, -0.15) is 0 Å². The standard InChI is InChI=1S/C22H23Cl2N/c1-2-3-16-6-10-19(11-7-16)20-12-8-17(9-13-20)4-5-18-14-21(23)22(24)25-15-18/h6-7,10-11,14-15,17,20H,2-3,8-9,12-13H2,1H3. The van der Waals surface area contributed by atoms with E-state index >= 15 is 0 Å². The van der Waals surface area contributed by atoms with Crippen molar-refractivity contribution in [2.75, 3.05) is 0 Å². The molecule has 0 N–H and O–H groups in total. The van der Waals surface area contributed by atoms with Crippen molar-refractivity contribution in [3.05, 3.63) is 63.4 Å². The number of halogens is 2. The van der Waals surface area contributed by atoms with E-state index in [1.807, 2.05) is 0 Å². The number of aryl methyl sites for hydroxylation is 1. The molecule has 1 aromatic carbocycles. The zero-order chi connectivity index (χ0) is 17.6. The molecule has 0 bridgehead atoms. The minimum atomic E-state index is 0.331. The van der Waals surface area contributed by atoms with Crippen molar-refractivity contribution in [2.24, 2.45) is 5.92 Å². The quantitative estimate of drug-likeness (QED) is 0.433. The van der Waals surface area contributed by atoms with Gasteiger partial charge in [-0.25, -0.2) is 4.98 Å². The Bertz CT molecular complexity index is 763. The van der Waals surface area contributed by atoms with Crippen molar-refractivity contribution in [3.63, 3.8) is 0 Å². The van der Waals surface area contributed by atoms with Crippen molar-refractivity contribution in [2.45, 2.75) is 51.4 Å². The lowest BCUT2D eigenvalue weighted by atomic mass is 9.79. The minimum Gasteiger partial charge on any atom is -0.242 e. The van der Waals surface area contributed by atoms with Gasteiger partial charge in [0.1, 0.15) is 5.15 Å². The van der Waals surface area contributed by atoms with Gasteiger partial charge in [-0.15, -0.1) is 0 Å². The fourth-order valence-corrected chi connectivity index (χ4v) is 3.76. The lowest BCUT2D eigenvalue weighted by molar-refractivity contribution is 0.384. The Morgan fingerprint density at radius 3 is 2.44 bits per heavy atom. The predicted molar refractivity (Wildman–Crippen MR) is 106 cm³/mol. The van der Waals surface area contributed by atoms with Gasteiger partial charge in [-0.3, -0.25) is 0 Å². The number of rotatable bonds is 3. The zero-order valence-electron chi connectivity index (χ0n) is 14.6. The highest BCUT2D eigenvalue weighted by atomic mass is 35.5. The van der Waals surface area contributed by atoms with Crippen LogP contribution < -0.4 is 0 Å². The fraction of sp³-hybridized carbons (Fsp3) is 0.409. The molecule has 0 radical (unpaired) electrons. The first-order chi connectivity index (χ1) is 12.2. The Kier molecular flexibility index (Phi) is 6.40. The number of hydrogen-bond donors (Lipinski definition) is 0. The van der Waals surface area contributed by atoms with Crippen LogP contribution in [0.3, 0.4) is 0 Å². The third-order valence-electron chi connectivity index (χ3n) is 4.93. The molecular weight excluding hydrogens is 349 g/mol. The average Bonchev–Trinajstić information content (AvgIpc) is 2.64. The van der Waals surface area contributed by atoms with E-state index in [0.29, 0.717) is 22.0 Å². The maximum atomic E-state index is 5.99. The first-order valence-electron chi connectivity index (χ1n) is 9.07. The van der Waals surface area contributed by atoms with Crippen LogP contribution in [0, 0.1) is 17.8 Å². The zero-order valence-corrected chi connectivity index (χ0v) is 16.1. The summed E-state index contributed by atoms with van der Waals surface area (Å²) >= 11 is 11.8. The Balaban J connectivity index is 1.56. The van der Waals surface area contributed by atoms with Crippen LogP contribution >= 0.6 is 23.2 Å². The van der Waals surface area contributed by atoms with Crippen LogP contribution in [0.1, 0.15) is 61.6 Å². The van der Waals surface area contributed by atoms with Gasteiger partial charge in [-0.05, 0) is 55.2 Å². The molecule has 2 aromatic rings. The summed E-state index contributed by atoms with van der Waals surface area (Å²) < 4.78 is 0. The molecule has 1 fully saturated rings. The molecule has 1 aliphatic rings. The van der Waals surface area contributed by atoms with Crippen molar-refractivity contribution in [1.29, 1.82) is 0 Å². The van der Waals surface area contributed by atoms with Gasteiger partial charge in [0.2, 0.25) is 0 Å².